The molecule has 0 unspecified atom stereocenters. The number of carbonyl (C=O) groups is 2. The fourth-order valence-corrected chi connectivity index (χ4v) is 10.9. The minimum atomic E-state index is -2.39. The van der Waals surface area contributed by atoms with Crippen LogP contribution in [0.1, 0.15) is 220 Å². The number of aliphatic hydroxyl groups excluding tert-OH is 13. The van der Waals surface area contributed by atoms with Gasteiger partial charge >= 0.3 is 0 Å². The summed E-state index contributed by atoms with van der Waals surface area (Å²) in [5, 5.41) is 143. The standard InChI is InChI=1S/C59H111NO21/c1-4-6-8-10-12-14-16-17-18-19-20-21-22-24-26-28-30-32-34-41(64)46(67)50(71)56(75)60-39(45(66)40(63)33-31-29-27-25-23-15-13-11-9-7-5-2)37-76-57-53(74)55(81-58-51(72)48(69)44(65)38(3)77-58)54(43(36-62)79-57)80-59-52(73)49(70)47(68)42(35-61)78-59/h38-45,47-55,57-59,61-66,68-74H,4-37H2,1-3H3,(H,60,75)/t38-,39+,40-,41-,42-,43-,44+,45+,47+,48+,49+,50-,51-,52-,53-,54-,55-,57-,58-,59+/m1/s1. The van der Waals surface area contributed by atoms with Crippen molar-refractivity contribution in [2.75, 3.05) is 19.8 Å². The van der Waals surface area contributed by atoms with Crippen LogP contribution < -0.4 is 5.32 Å². The second-order valence-electron chi connectivity index (χ2n) is 23.2. The van der Waals surface area contributed by atoms with E-state index in [1.54, 1.807) is 0 Å². The first kappa shape index (κ1) is 73.6. The van der Waals surface area contributed by atoms with E-state index >= 15 is 0 Å². The number of ether oxygens (including phenoxy) is 6. The van der Waals surface area contributed by atoms with E-state index in [-0.39, 0.29) is 12.8 Å². The molecule has 0 aromatic carbocycles. The SMILES string of the molecule is CCCCCCCCCCCCCCCCCCCC[C@@H](O)C(=O)[C@@H](O)C(=O)N[C@@H](CO[C@@H]1O[C@H](CO)[C@@H](O[C@@H]2O[C@H](CO)[C@H](O)[C@H](O)[C@H]2O)[C@H](O[C@H]2O[C@H](C)[C@H](O)[C@H](O)[C@H]2O)[C@H]1O)[C@H](O)[C@H](O)CCCCCCCCCCCCC. The molecule has 1 amide bonds. The number of hydrogen-bond donors (Lipinski definition) is 14. The molecule has 0 radical (unpaired) electrons. The summed E-state index contributed by atoms with van der Waals surface area (Å²) in [5.74, 6) is -2.49. The van der Waals surface area contributed by atoms with Gasteiger partial charge in [0.25, 0.3) is 5.91 Å². The summed E-state index contributed by atoms with van der Waals surface area (Å²) in [6.45, 7) is 3.19. The fourth-order valence-electron chi connectivity index (χ4n) is 10.9. The van der Waals surface area contributed by atoms with Crippen LogP contribution in [0.2, 0.25) is 0 Å². The Morgan fingerprint density at radius 3 is 1.31 bits per heavy atom. The molecule has 20 atom stereocenters. The quantitative estimate of drug-likeness (QED) is 0.0307. The Labute approximate surface area is 482 Å². The van der Waals surface area contributed by atoms with Crippen LogP contribution >= 0.6 is 0 Å². The second-order valence-corrected chi connectivity index (χ2v) is 23.2. The predicted molar refractivity (Wildman–Crippen MR) is 299 cm³/mol. The summed E-state index contributed by atoms with van der Waals surface area (Å²) in [5.41, 5.74) is 0. The van der Waals surface area contributed by atoms with Gasteiger partial charge in [-0.05, 0) is 19.8 Å². The molecule has 3 aliphatic rings. The summed E-state index contributed by atoms with van der Waals surface area (Å²) >= 11 is 0. The average molecular weight is 1170 g/mol. The molecule has 0 spiro atoms. The lowest BCUT2D eigenvalue weighted by molar-refractivity contribution is -0.386. The molecule has 3 heterocycles. The van der Waals surface area contributed by atoms with Gasteiger partial charge in [-0.1, -0.05) is 200 Å². The molecule has 0 aliphatic carbocycles. The molecule has 0 bridgehead atoms. The molecular formula is C59H111NO21. The molecular weight excluding hydrogens is 1060 g/mol. The van der Waals surface area contributed by atoms with Crippen LogP contribution in [0.5, 0.6) is 0 Å². The molecule has 0 aromatic rings. The molecule has 3 aliphatic heterocycles. The zero-order valence-corrected chi connectivity index (χ0v) is 49.2. The monoisotopic (exact) mass is 1170 g/mol. The first-order valence-electron chi connectivity index (χ1n) is 31.4. The first-order valence-corrected chi connectivity index (χ1v) is 31.4. The van der Waals surface area contributed by atoms with Gasteiger partial charge in [0.15, 0.2) is 30.8 Å². The van der Waals surface area contributed by atoms with E-state index in [1.165, 1.54) is 116 Å². The van der Waals surface area contributed by atoms with Crippen LogP contribution in [0.15, 0.2) is 0 Å². The number of Topliss-reactive ketones (excluding diaryl/α,β-unsaturated/α-hetero) is 1. The topological polar surface area (TPSA) is 365 Å². The molecule has 0 saturated carbocycles. The van der Waals surface area contributed by atoms with Crippen LogP contribution in [0, 0.1) is 0 Å². The van der Waals surface area contributed by atoms with Crippen molar-refractivity contribution in [2.45, 2.75) is 342 Å². The van der Waals surface area contributed by atoms with Crippen LogP contribution in [0.3, 0.4) is 0 Å². The van der Waals surface area contributed by atoms with E-state index < -0.39 is 154 Å². The lowest BCUT2D eigenvalue weighted by Crippen LogP contribution is -2.67. The largest absolute Gasteiger partial charge is 0.394 e. The molecule has 14 N–H and O–H groups in total. The first-order chi connectivity index (χ1) is 38.9. The molecule has 3 rings (SSSR count). The van der Waals surface area contributed by atoms with Crippen molar-refractivity contribution < 1.29 is 104 Å². The molecule has 478 valence electrons. The maximum absolute atomic E-state index is 13.6. The summed E-state index contributed by atoms with van der Waals surface area (Å²) < 4.78 is 34.9. The Hall–Kier alpha value is -1.62. The van der Waals surface area contributed by atoms with Crippen molar-refractivity contribution >= 4 is 11.7 Å². The van der Waals surface area contributed by atoms with Gasteiger partial charge in [0.1, 0.15) is 79.4 Å². The van der Waals surface area contributed by atoms with Crippen LogP contribution in [-0.4, -0.2) is 220 Å². The third-order valence-electron chi connectivity index (χ3n) is 16.4. The Balaban J connectivity index is 1.66. The number of hydrogen-bond acceptors (Lipinski definition) is 21. The third-order valence-corrected chi connectivity index (χ3v) is 16.4. The maximum Gasteiger partial charge on any atom is 0.257 e. The Kier molecular flexibility index (Phi) is 38.4. The Bertz CT molecular complexity index is 1610. The zero-order valence-electron chi connectivity index (χ0n) is 49.2. The van der Waals surface area contributed by atoms with Gasteiger partial charge in [-0.2, -0.15) is 0 Å². The Morgan fingerprint density at radius 2 is 0.852 bits per heavy atom. The zero-order chi connectivity index (χ0) is 59.7. The highest BCUT2D eigenvalue weighted by molar-refractivity contribution is 6.05. The number of carbonyl (C=O) groups excluding carboxylic acids is 2. The van der Waals surface area contributed by atoms with Gasteiger partial charge in [0.2, 0.25) is 0 Å². The van der Waals surface area contributed by atoms with Gasteiger partial charge in [-0.15, -0.1) is 0 Å². The summed E-state index contributed by atoms with van der Waals surface area (Å²) in [6.07, 6.45) is -1.28. The normalized spacial score (nSPS) is 30.9. The van der Waals surface area contributed by atoms with E-state index in [0.717, 1.165) is 64.2 Å². The number of rotatable bonds is 46. The van der Waals surface area contributed by atoms with Gasteiger partial charge in [-0.25, -0.2) is 0 Å². The molecule has 81 heavy (non-hydrogen) atoms. The summed E-state index contributed by atoms with van der Waals surface area (Å²) in [6, 6.07) is -1.62. The second kappa shape index (κ2) is 42.3. The number of ketones is 1. The average Bonchev–Trinajstić information content (AvgIpc) is 3.48. The number of nitrogens with one attached hydrogen (secondary N) is 1. The number of unbranched alkanes of at least 4 members (excludes halogenated alkanes) is 27. The smallest absolute Gasteiger partial charge is 0.257 e. The van der Waals surface area contributed by atoms with Gasteiger partial charge < -0.3 is 100 Å². The maximum atomic E-state index is 13.6. The molecule has 22 nitrogen and oxygen atoms in total. The van der Waals surface area contributed by atoms with Crippen molar-refractivity contribution in [2.24, 2.45) is 0 Å². The van der Waals surface area contributed by atoms with Crippen molar-refractivity contribution in [1.29, 1.82) is 0 Å². The van der Waals surface area contributed by atoms with Crippen molar-refractivity contribution in [3.05, 3.63) is 0 Å². The van der Waals surface area contributed by atoms with E-state index in [0.29, 0.717) is 12.8 Å². The van der Waals surface area contributed by atoms with E-state index in [2.05, 4.69) is 19.2 Å². The van der Waals surface area contributed by atoms with Gasteiger partial charge in [-0.3, -0.25) is 9.59 Å². The summed E-state index contributed by atoms with van der Waals surface area (Å²) in [7, 11) is 0. The lowest BCUT2D eigenvalue weighted by atomic mass is 9.96. The highest BCUT2D eigenvalue weighted by atomic mass is 16.8. The van der Waals surface area contributed by atoms with Crippen LogP contribution in [0.25, 0.3) is 0 Å². The fraction of sp³-hybridized carbons (Fsp3) is 0.966. The highest BCUT2D eigenvalue weighted by Gasteiger charge is 2.54. The number of aliphatic hydroxyl groups is 13. The minimum absolute atomic E-state index is 0.00336. The van der Waals surface area contributed by atoms with Crippen molar-refractivity contribution in [3.8, 4) is 0 Å². The van der Waals surface area contributed by atoms with Crippen LogP contribution in [-0.2, 0) is 38.0 Å². The summed E-state index contributed by atoms with van der Waals surface area (Å²) in [4.78, 5) is 26.9. The third kappa shape index (κ3) is 26.1. The van der Waals surface area contributed by atoms with E-state index in [4.69, 9.17) is 28.4 Å². The highest BCUT2D eigenvalue weighted by Crippen LogP contribution is 2.34. The Morgan fingerprint density at radius 1 is 0.457 bits per heavy atom. The van der Waals surface area contributed by atoms with Gasteiger partial charge in [0.05, 0.1) is 38.1 Å². The minimum Gasteiger partial charge on any atom is -0.394 e. The van der Waals surface area contributed by atoms with Gasteiger partial charge in [0, 0.05) is 0 Å². The van der Waals surface area contributed by atoms with Crippen molar-refractivity contribution in [1.82, 2.24) is 5.32 Å². The lowest BCUT2D eigenvalue weighted by Gasteiger charge is -2.49. The number of amides is 1. The molecule has 3 saturated heterocycles. The van der Waals surface area contributed by atoms with Crippen LogP contribution in [0.4, 0.5) is 0 Å². The molecule has 3 fully saturated rings. The van der Waals surface area contributed by atoms with Crippen molar-refractivity contribution in [3.63, 3.8) is 0 Å². The van der Waals surface area contributed by atoms with E-state index in [1.807, 2.05) is 0 Å². The molecule has 22 heteroatoms. The van der Waals surface area contributed by atoms with E-state index in [9.17, 15) is 76.0 Å². The predicted octanol–water partition coefficient (Wildman–Crippen LogP) is 3.11. The molecule has 0 aromatic heterocycles.